The number of nitrogens with zero attached hydrogens (tertiary/aromatic N) is 2. The van der Waals surface area contributed by atoms with Gasteiger partial charge in [0.15, 0.2) is 16.7 Å². The molecule has 0 unspecified atom stereocenters. The summed E-state index contributed by atoms with van der Waals surface area (Å²) in [6.45, 7) is 0.320. The molecule has 1 aliphatic rings. The zero-order chi connectivity index (χ0) is 28.8. The normalized spacial score (nSPS) is 15.0. The first-order chi connectivity index (χ1) is 20.0. The molecule has 2 aromatic carbocycles. The monoisotopic (exact) mass is 574 g/mol. The maximum atomic E-state index is 13.5. The molecule has 2 aromatic heterocycles. The molecule has 0 aliphatic carbocycles. The topological polar surface area (TPSA) is 113 Å². The van der Waals surface area contributed by atoms with Crippen LogP contribution in [0.5, 0.6) is 17.2 Å². The Morgan fingerprint density at radius 1 is 0.976 bits per heavy atom. The summed E-state index contributed by atoms with van der Waals surface area (Å²) in [5.41, 5.74) is 1.42. The van der Waals surface area contributed by atoms with Gasteiger partial charge in [-0.3, -0.25) is 9.69 Å². The van der Waals surface area contributed by atoms with Gasteiger partial charge in [0.1, 0.15) is 23.9 Å². The molecule has 1 saturated heterocycles. The van der Waals surface area contributed by atoms with Crippen LogP contribution in [0.4, 0.5) is 5.69 Å². The summed E-state index contributed by atoms with van der Waals surface area (Å²) in [7, 11) is 4.41. The smallest absolute Gasteiger partial charge is 0.373 e. The van der Waals surface area contributed by atoms with Crippen LogP contribution in [0.1, 0.15) is 27.6 Å². The van der Waals surface area contributed by atoms with Gasteiger partial charge in [-0.05, 0) is 84.1 Å². The van der Waals surface area contributed by atoms with E-state index in [-0.39, 0.29) is 24.8 Å². The molecule has 0 N–H and O–H groups in total. The number of benzene rings is 2. The van der Waals surface area contributed by atoms with Crippen LogP contribution >= 0.6 is 11.8 Å². The van der Waals surface area contributed by atoms with Gasteiger partial charge < -0.3 is 27.8 Å². The largest absolute Gasteiger partial charge is 0.497 e. The van der Waals surface area contributed by atoms with Crippen molar-refractivity contribution in [1.82, 2.24) is 4.90 Å². The lowest BCUT2D eigenvalue weighted by molar-refractivity contribution is -0.122. The van der Waals surface area contributed by atoms with Crippen molar-refractivity contribution in [2.45, 2.75) is 13.2 Å². The Morgan fingerprint density at radius 3 is 2.51 bits per heavy atom. The summed E-state index contributed by atoms with van der Waals surface area (Å²) in [6, 6.07) is 19.4. The Balaban J connectivity index is 1.36. The Morgan fingerprint density at radius 2 is 1.80 bits per heavy atom. The predicted octanol–water partition coefficient (Wildman–Crippen LogP) is 6.06. The fourth-order valence-electron chi connectivity index (χ4n) is 3.92. The van der Waals surface area contributed by atoms with E-state index in [1.54, 1.807) is 48.6 Å². The third-order valence-corrected chi connectivity index (χ3v) is 6.99. The third kappa shape index (κ3) is 6.47. The first-order valence-electron chi connectivity index (χ1n) is 12.4. The minimum atomic E-state index is -0.564. The summed E-state index contributed by atoms with van der Waals surface area (Å²) in [6.07, 6.45) is 3.35. The van der Waals surface area contributed by atoms with E-state index in [9.17, 15) is 9.59 Å². The second kappa shape index (κ2) is 12.5. The van der Waals surface area contributed by atoms with Gasteiger partial charge in [0.25, 0.3) is 5.91 Å². The molecule has 4 aromatic rings. The first kappa shape index (κ1) is 27.7. The first-order valence-corrected chi connectivity index (χ1v) is 13.2. The van der Waals surface area contributed by atoms with Crippen molar-refractivity contribution in [1.29, 1.82) is 0 Å². The number of ether oxygens (including phenoxy) is 4. The number of hydrogen-bond acceptors (Lipinski definition) is 10. The standard InChI is InChI=1S/C30H26N2O8S/c1-35-21-9-7-20(8-10-21)31-30-32(17-22-5-4-14-38-22)28(33)27(41-30)16-19-6-12-24(26(15-19)36-2)39-18-23-11-13-25(40-23)29(34)37-3/h4-16H,17-18H2,1-3H3/b27-16+,31-30?. The number of amides is 1. The van der Waals surface area contributed by atoms with Crippen molar-refractivity contribution in [2.75, 3.05) is 21.3 Å². The van der Waals surface area contributed by atoms with E-state index in [0.717, 1.165) is 5.56 Å². The molecule has 1 fully saturated rings. The SMILES string of the molecule is COC(=O)c1ccc(COc2ccc(/C=C3/SC(=Nc4ccc(OC)cc4)N(Cc4ccco4)C3=O)cc2OC)o1. The lowest BCUT2D eigenvalue weighted by Gasteiger charge is -2.14. The van der Waals surface area contributed by atoms with Crippen LogP contribution in [0, 0.1) is 0 Å². The fraction of sp³-hybridized carbons (Fsp3) is 0.167. The molecule has 210 valence electrons. The van der Waals surface area contributed by atoms with Crippen LogP contribution in [0.2, 0.25) is 0 Å². The zero-order valence-electron chi connectivity index (χ0n) is 22.5. The highest BCUT2D eigenvalue weighted by Crippen LogP contribution is 2.37. The zero-order valence-corrected chi connectivity index (χ0v) is 23.3. The van der Waals surface area contributed by atoms with Crippen molar-refractivity contribution in [2.24, 2.45) is 4.99 Å². The average Bonchev–Trinajstić information content (AvgIpc) is 3.75. The number of rotatable bonds is 10. The second-order valence-corrected chi connectivity index (χ2v) is 9.64. The van der Waals surface area contributed by atoms with Gasteiger partial charge in [0.05, 0.1) is 44.7 Å². The van der Waals surface area contributed by atoms with Crippen molar-refractivity contribution in [3.63, 3.8) is 0 Å². The van der Waals surface area contributed by atoms with Gasteiger partial charge in [0, 0.05) is 0 Å². The van der Waals surface area contributed by atoms with Gasteiger partial charge in [-0.15, -0.1) is 0 Å². The highest BCUT2D eigenvalue weighted by Gasteiger charge is 2.34. The number of thioether (sulfide) groups is 1. The van der Waals surface area contributed by atoms with Gasteiger partial charge >= 0.3 is 5.97 Å². The van der Waals surface area contributed by atoms with Crippen molar-refractivity contribution >= 4 is 40.6 Å². The molecule has 0 bridgehead atoms. The number of esters is 1. The van der Waals surface area contributed by atoms with Gasteiger partial charge in [-0.1, -0.05) is 6.07 Å². The second-order valence-electron chi connectivity index (χ2n) is 8.63. The van der Waals surface area contributed by atoms with E-state index in [4.69, 9.17) is 28.0 Å². The molecule has 0 saturated carbocycles. The Bertz CT molecular complexity index is 1590. The summed E-state index contributed by atoms with van der Waals surface area (Å²) in [5, 5.41) is 0.527. The van der Waals surface area contributed by atoms with E-state index >= 15 is 0 Å². The Labute approximate surface area is 240 Å². The predicted molar refractivity (Wildman–Crippen MR) is 152 cm³/mol. The molecule has 0 atom stereocenters. The number of methoxy groups -OCH3 is 3. The molecule has 3 heterocycles. The van der Waals surface area contributed by atoms with Gasteiger partial charge in [-0.25, -0.2) is 9.79 Å². The lowest BCUT2D eigenvalue weighted by atomic mass is 10.2. The molecule has 0 spiro atoms. The molecule has 1 amide bonds. The molecular formula is C30H26N2O8S. The van der Waals surface area contributed by atoms with Crippen molar-refractivity contribution in [3.8, 4) is 17.2 Å². The summed E-state index contributed by atoms with van der Waals surface area (Å²) >= 11 is 1.27. The molecule has 0 radical (unpaired) electrons. The van der Waals surface area contributed by atoms with Crippen LogP contribution in [0.25, 0.3) is 6.08 Å². The molecule has 10 nitrogen and oxygen atoms in total. The van der Waals surface area contributed by atoms with E-state index in [1.807, 2.05) is 36.4 Å². The van der Waals surface area contributed by atoms with Crippen LogP contribution in [-0.2, 0) is 22.7 Å². The van der Waals surface area contributed by atoms with Crippen LogP contribution < -0.4 is 14.2 Å². The number of furan rings is 2. The summed E-state index contributed by atoms with van der Waals surface area (Å²) in [4.78, 5) is 31.9. The van der Waals surface area contributed by atoms with E-state index in [2.05, 4.69) is 4.74 Å². The number of carbonyl (C=O) groups excluding carboxylic acids is 2. The van der Waals surface area contributed by atoms with Crippen LogP contribution in [0.3, 0.4) is 0 Å². The average molecular weight is 575 g/mol. The number of hydrogen-bond donors (Lipinski definition) is 0. The van der Waals surface area contributed by atoms with Gasteiger partial charge in [-0.2, -0.15) is 0 Å². The molecular weight excluding hydrogens is 548 g/mol. The number of amidine groups is 1. The lowest BCUT2D eigenvalue weighted by Crippen LogP contribution is -2.28. The van der Waals surface area contributed by atoms with Gasteiger partial charge in [0.2, 0.25) is 5.76 Å². The highest BCUT2D eigenvalue weighted by molar-refractivity contribution is 8.18. The highest BCUT2D eigenvalue weighted by atomic mass is 32.2. The maximum absolute atomic E-state index is 13.5. The Hall–Kier alpha value is -4.90. The third-order valence-electron chi connectivity index (χ3n) is 5.98. The molecule has 11 heteroatoms. The molecule has 5 rings (SSSR count). The van der Waals surface area contributed by atoms with E-state index < -0.39 is 5.97 Å². The minimum Gasteiger partial charge on any atom is -0.497 e. The van der Waals surface area contributed by atoms with Crippen molar-refractivity contribution in [3.05, 3.63) is 101 Å². The van der Waals surface area contributed by atoms with Crippen molar-refractivity contribution < 1.29 is 37.4 Å². The quantitative estimate of drug-likeness (QED) is 0.165. The molecule has 41 heavy (non-hydrogen) atoms. The van der Waals surface area contributed by atoms with Crippen LogP contribution in [0.15, 0.2) is 91.7 Å². The summed E-state index contributed by atoms with van der Waals surface area (Å²) in [5.74, 6) is 2.07. The van der Waals surface area contributed by atoms with Crippen LogP contribution in [-0.4, -0.2) is 43.3 Å². The number of carbonyl (C=O) groups is 2. The maximum Gasteiger partial charge on any atom is 0.373 e. The van der Waals surface area contributed by atoms with E-state index in [0.29, 0.717) is 44.5 Å². The molecule has 1 aliphatic heterocycles. The minimum absolute atomic E-state index is 0.0784. The summed E-state index contributed by atoms with van der Waals surface area (Å²) < 4.78 is 32.2. The Kier molecular flexibility index (Phi) is 8.44. The fourth-order valence-corrected chi connectivity index (χ4v) is 4.91. The van der Waals surface area contributed by atoms with E-state index in [1.165, 1.54) is 32.0 Å². The number of aliphatic imine (C=N–C) groups is 1.